The van der Waals surface area contributed by atoms with E-state index in [-0.39, 0.29) is 30.2 Å². The van der Waals surface area contributed by atoms with Crippen molar-refractivity contribution in [2.75, 3.05) is 6.54 Å². The number of para-hydroxylation sites is 2. The Balaban J connectivity index is 1.49. The van der Waals surface area contributed by atoms with Crippen LogP contribution in [-0.4, -0.2) is 32.8 Å². The average Bonchev–Trinajstić information content (AvgIpc) is 3.28. The summed E-state index contributed by atoms with van der Waals surface area (Å²) in [5.74, 6) is 0.882. The molecule has 1 aromatic heterocycles. The normalized spacial score (nSPS) is 17.5. The fourth-order valence-corrected chi connectivity index (χ4v) is 4.37. The number of nitrogens with one attached hydrogen (secondary N) is 1. The van der Waals surface area contributed by atoms with Crippen LogP contribution in [0.15, 0.2) is 54.6 Å². The van der Waals surface area contributed by atoms with Crippen molar-refractivity contribution in [2.45, 2.75) is 39.3 Å². The number of imidazole rings is 1. The molecule has 2 heterocycles. The van der Waals surface area contributed by atoms with Gasteiger partial charge in [0, 0.05) is 26.6 Å². The highest BCUT2D eigenvalue weighted by atomic mass is 16.2. The highest BCUT2D eigenvalue weighted by molar-refractivity contribution is 5.89. The number of carbonyl (C=O) groups excluding carboxylic acids is 2. The molecule has 6 nitrogen and oxygen atoms in total. The summed E-state index contributed by atoms with van der Waals surface area (Å²) in [6.07, 6.45) is 1.05. The first-order valence-corrected chi connectivity index (χ1v) is 11.0. The maximum Gasteiger partial charge on any atom is 0.226 e. The van der Waals surface area contributed by atoms with E-state index in [2.05, 4.69) is 23.7 Å². The third-order valence-electron chi connectivity index (χ3n) is 5.96. The van der Waals surface area contributed by atoms with Crippen molar-refractivity contribution in [2.24, 2.45) is 18.9 Å². The maximum absolute atomic E-state index is 13.2. The lowest BCUT2D eigenvalue weighted by Gasteiger charge is -2.22. The van der Waals surface area contributed by atoms with E-state index in [0.717, 1.165) is 28.8 Å². The largest absolute Gasteiger partial charge is 0.346 e. The van der Waals surface area contributed by atoms with Gasteiger partial charge in [-0.05, 0) is 30.0 Å². The van der Waals surface area contributed by atoms with Gasteiger partial charge >= 0.3 is 0 Å². The summed E-state index contributed by atoms with van der Waals surface area (Å²) in [4.78, 5) is 32.3. The van der Waals surface area contributed by atoms with Crippen LogP contribution >= 0.6 is 0 Å². The Kier molecular flexibility index (Phi) is 6.07. The first-order chi connectivity index (χ1) is 14.9. The number of fused-ring (bicyclic) bond motifs is 1. The molecule has 0 spiro atoms. The number of aryl methyl sites for hydroxylation is 1. The molecule has 2 unspecified atom stereocenters. The highest BCUT2D eigenvalue weighted by Gasteiger charge is 2.35. The third-order valence-corrected chi connectivity index (χ3v) is 5.96. The van der Waals surface area contributed by atoms with Gasteiger partial charge in [0.15, 0.2) is 0 Å². The number of rotatable bonds is 7. The molecule has 2 aromatic carbocycles. The Morgan fingerprint density at radius 1 is 1.13 bits per heavy atom. The molecule has 1 aliphatic heterocycles. The number of benzene rings is 2. The minimum Gasteiger partial charge on any atom is -0.346 e. The Bertz CT molecular complexity index is 1070. The number of amides is 2. The van der Waals surface area contributed by atoms with E-state index in [1.165, 1.54) is 0 Å². The summed E-state index contributed by atoms with van der Waals surface area (Å²) < 4.78 is 2.06. The predicted octanol–water partition coefficient (Wildman–Crippen LogP) is 3.83. The molecular formula is C25H30N4O2. The van der Waals surface area contributed by atoms with Crippen molar-refractivity contribution < 1.29 is 9.59 Å². The van der Waals surface area contributed by atoms with Crippen LogP contribution in [0.1, 0.15) is 44.1 Å². The number of nitrogens with zero attached hydrogens (tertiary/aromatic N) is 3. The van der Waals surface area contributed by atoms with Crippen molar-refractivity contribution in [3.63, 3.8) is 0 Å². The molecular weight excluding hydrogens is 388 g/mol. The van der Waals surface area contributed by atoms with Gasteiger partial charge in [0.25, 0.3) is 0 Å². The molecule has 4 rings (SSSR count). The fraction of sp³-hybridized carbons (Fsp3) is 0.400. The molecule has 1 saturated heterocycles. The zero-order chi connectivity index (χ0) is 22.0. The number of hydrogen-bond donors (Lipinski definition) is 1. The summed E-state index contributed by atoms with van der Waals surface area (Å²) in [6.45, 7) is 5.28. The molecule has 6 heteroatoms. The zero-order valence-electron chi connectivity index (χ0n) is 18.4. The fourth-order valence-electron chi connectivity index (χ4n) is 4.37. The molecule has 1 aliphatic rings. The molecule has 3 aromatic rings. The number of hydrogen-bond acceptors (Lipinski definition) is 3. The second-order valence-corrected chi connectivity index (χ2v) is 8.87. The Morgan fingerprint density at radius 3 is 2.55 bits per heavy atom. The van der Waals surface area contributed by atoms with Gasteiger partial charge < -0.3 is 14.8 Å². The van der Waals surface area contributed by atoms with Gasteiger partial charge in [0.1, 0.15) is 5.82 Å². The predicted molar refractivity (Wildman–Crippen MR) is 121 cm³/mol. The Hall–Kier alpha value is -3.15. The molecule has 1 fully saturated rings. The highest BCUT2D eigenvalue weighted by Crippen LogP contribution is 2.26. The monoisotopic (exact) mass is 418 g/mol. The van der Waals surface area contributed by atoms with Gasteiger partial charge in [0.2, 0.25) is 11.8 Å². The molecule has 0 bridgehead atoms. The summed E-state index contributed by atoms with van der Waals surface area (Å²) in [5.41, 5.74) is 3.05. The smallest absolute Gasteiger partial charge is 0.226 e. The van der Waals surface area contributed by atoms with Crippen LogP contribution < -0.4 is 5.32 Å². The Labute approximate surface area is 183 Å². The van der Waals surface area contributed by atoms with E-state index in [9.17, 15) is 9.59 Å². The summed E-state index contributed by atoms with van der Waals surface area (Å²) >= 11 is 0. The van der Waals surface area contributed by atoms with Gasteiger partial charge in [-0.15, -0.1) is 0 Å². The van der Waals surface area contributed by atoms with Crippen LogP contribution in [0.2, 0.25) is 0 Å². The topological polar surface area (TPSA) is 67.2 Å². The van der Waals surface area contributed by atoms with Gasteiger partial charge in [-0.2, -0.15) is 0 Å². The van der Waals surface area contributed by atoms with E-state index in [4.69, 9.17) is 4.98 Å². The van der Waals surface area contributed by atoms with E-state index >= 15 is 0 Å². The third kappa shape index (κ3) is 4.63. The summed E-state index contributed by atoms with van der Waals surface area (Å²) in [6, 6.07) is 17.7. The zero-order valence-corrected chi connectivity index (χ0v) is 18.4. The first-order valence-electron chi connectivity index (χ1n) is 11.0. The van der Waals surface area contributed by atoms with Gasteiger partial charge in [-0.3, -0.25) is 9.59 Å². The SMILES string of the molecule is CC(C)CC(NC(=O)C1CC(=O)N(Cc2ccccc2)C1)c1nc2ccccc2n1C. The Morgan fingerprint density at radius 2 is 1.84 bits per heavy atom. The molecule has 0 saturated carbocycles. The van der Waals surface area contributed by atoms with Crippen molar-refractivity contribution >= 4 is 22.8 Å². The quantitative estimate of drug-likeness (QED) is 0.634. The molecule has 2 amide bonds. The molecule has 0 radical (unpaired) electrons. The van der Waals surface area contributed by atoms with Crippen LogP contribution in [0, 0.1) is 11.8 Å². The molecule has 0 aliphatic carbocycles. The number of carbonyl (C=O) groups is 2. The lowest BCUT2D eigenvalue weighted by atomic mass is 10.0. The van der Waals surface area contributed by atoms with Crippen LogP contribution in [0.3, 0.4) is 0 Å². The standard InChI is InChI=1S/C25H30N4O2/c1-17(2)13-21(24-26-20-11-7-8-12-22(20)28(24)3)27-25(31)19-14-23(30)29(16-19)15-18-9-5-4-6-10-18/h4-12,17,19,21H,13-16H2,1-3H3,(H,27,31). The van der Waals surface area contributed by atoms with Crippen LogP contribution in [-0.2, 0) is 23.2 Å². The molecule has 2 atom stereocenters. The van der Waals surface area contributed by atoms with E-state index in [1.807, 2.05) is 61.6 Å². The van der Waals surface area contributed by atoms with Crippen molar-refractivity contribution in [1.82, 2.24) is 19.8 Å². The number of likely N-dealkylation sites (tertiary alicyclic amines) is 1. The molecule has 31 heavy (non-hydrogen) atoms. The van der Waals surface area contributed by atoms with Crippen molar-refractivity contribution in [3.05, 3.63) is 66.0 Å². The van der Waals surface area contributed by atoms with E-state index in [0.29, 0.717) is 19.0 Å². The summed E-state index contributed by atoms with van der Waals surface area (Å²) in [7, 11) is 1.99. The minimum atomic E-state index is -0.333. The molecule has 1 N–H and O–H groups in total. The lowest BCUT2D eigenvalue weighted by Crippen LogP contribution is -2.37. The van der Waals surface area contributed by atoms with Crippen LogP contribution in [0.5, 0.6) is 0 Å². The molecule has 162 valence electrons. The van der Waals surface area contributed by atoms with Crippen molar-refractivity contribution in [3.8, 4) is 0 Å². The van der Waals surface area contributed by atoms with Gasteiger partial charge in [-0.25, -0.2) is 4.98 Å². The van der Waals surface area contributed by atoms with Gasteiger partial charge in [-0.1, -0.05) is 56.3 Å². The maximum atomic E-state index is 13.2. The first kappa shape index (κ1) is 21.1. The summed E-state index contributed by atoms with van der Waals surface area (Å²) in [5, 5.41) is 3.21. The van der Waals surface area contributed by atoms with Crippen LogP contribution in [0.25, 0.3) is 11.0 Å². The van der Waals surface area contributed by atoms with Gasteiger partial charge in [0.05, 0.1) is 23.0 Å². The number of aromatic nitrogens is 2. The van der Waals surface area contributed by atoms with E-state index in [1.54, 1.807) is 4.90 Å². The average molecular weight is 419 g/mol. The minimum absolute atomic E-state index is 0.0344. The lowest BCUT2D eigenvalue weighted by molar-refractivity contribution is -0.129. The van der Waals surface area contributed by atoms with Crippen molar-refractivity contribution in [1.29, 1.82) is 0 Å². The second-order valence-electron chi connectivity index (χ2n) is 8.87. The van der Waals surface area contributed by atoms with E-state index < -0.39 is 0 Å². The second kappa shape index (κ2) is 8.92. The van der Waals surface area contributed by atoms with Crippen LogP contribution in [0.4, 0.5) is 0 Å².